The summed E-state index contributed by atoms with van der Waals surface area (Å²) < 4.78 is 8.24. The minimum absolute atomic E-state index is 0.610. The maximum atomic E-state index is 13.2. The summed E-state index contributed by atoms with van der Waals surface area (Å²) in [5.74, 6) is 1.33. The molecule has 0 bridgehead atoms. The van der Waals surface area contributed by atoms with E-state index in [1.807, 2.05) is 54.6 Å². The van der Waals surface area contributed by atoms with Crippen LogP contribution >= 0.6 is 31.9 Å². The van der Waals surface area contributed by atoms with Crippen LogP contribution < -0.4 is 4.74 Å². The van der Waals surface area contributed by atoms with E-state index in [0.717, 1.165) is 53.5 Å². The molecule has 0 saturated carbocycles. The lowest BCUT2D eigenvalue weighted by Crippen LogP contribution is -2.27. The fourth-order valence-corrected chi connectivity index (χ4v) is 7.47. The van der Waals surface area contributed by atoms with E-state index in [9.17, 15) is 5.11 Å². The summed E-state index contributed by atoms with van der Waals surface area (Å²) in [6.07, 6.45) is 0. The van der Waals surface area contributed by atoms with Gasteiger partial charge in [-0.15, -0.1) is 0 Å². The van der Waals surface area contributed by atoms with Gasteiger partial charge in [-0.05, 0) is 87.0 Å². The molecule has 0 saturated heterocycles. The van der Waals surface area contributed by atoms with E-state index in [-0.39, 0.29) is 0 Å². The Balaban J connectivity index is 1.52. The predicted octanol–water partition coefficient (Wildman–Crippen LogP) is 10.6. The first kappa shape index (κ1) is 24.8. The predicted molar refractivity (Wildman–Crippen MR) is 172 cm³/mol. The van der Waals surface area contributed by atoms with Gasteiger partial charge in [0.15, 0.2) is 0 Å². The Kier molecular flexibility index (Phi) is 5.62. The molecule has 0 spiro atoms. The lowest BCUT2D eigenvalue weighted by Gasteiger charge is -2.29. The lowest BCUT2D eigenvalue weighted by molar-refractivity contribution is 0.128. The third kappa shape index (κ3) is 3.64. The number of benzene rings is 6. The monoisotopic (exact) mass is 656 g/mol. The van der Waals surface area contributed by atoms with Crippen LogP contribution in [0.4, 0.5) is 0 Å². The molecule has 0 aliphatic heterocycles. The van der Waals surface area contributed by atoms with Crippen LogP contribution in [0.2, 0.25) is 0 Å². The summed E-state index contributed by atoms with van der Waals surface area (Å²) in [7, 11) is 0. The van der Waals surface area contributed by atoms with E-state index in [1.165, 1.54) is 11.1 Å². The van der Waals surface area contributed by atoms with Crippen molar-refractivity contribution >= 4 is 31.9 Å². The Morgan fingerprint density at radius 3 is 1.44 bits per heavy atom. The minimum atomic E-state index is -1.47. The van der Waals surface area contributed by atoms with Crippen LogP contribution in [0.5, 0.6) is 11.5 Å². The molecule has 0 radical (unpaired) electrons. The smallest absolute Gasteiger partial charge is 0.145 e. The highest BCUT2D eigenvalue weighted by Gasteiger charge is 2.48. The Morgan fingerprint density at radius 1 is 0.463 bits per heavy atom. The maximum Gasteiger partial charge on any atom is 0.145 e. The van der Waals surface area contributed by atoms with E-state index in [0.29, 0.717) is 17.1 Å². The molecule has 0 atom stereocenters. The van der Waals surface area contributed by atoms with Crippen molar-refractivity contribution in [2.75, 3.05) is 0 Å². The van der Waals surface area contributed by atoms with Gasteiger partial charge in [-0.2, -0.15) is 0 Å². The molecule has 0 aromatic heterocycles. The van der Waals surface area contributed by atoms with Gasteiger partial charge in [0, 0.05) is 25.6 Å². The first-order chi connectivity index (χ1) is 20.0. The SMILES string of the molecule is OC1(c2ccccc2Oc2ccccc2)c2cc(Br)cc3c2-c2c(cc(Br)cc21)-c1ccccc1-c1ccccc1-3. The number of para-hydroxylation sites is 2. The molecule has 0 heterocycles. The zero-order valence-electron chi connectivity index (χ0n) is 21.7. The van der Waals surface area contributed by atoms with Crippen LogP contribution in [0.1, 0.15) is 16.7 Å². The van der Waals surface area contributed by atoms with Crippen molar-refractivity contribution in [1.29, 1.82) is 0 Å². The molecule has 0 fully saturated rings. The van der Waals surface area contributed by atoms with Gasteiger partial charge in [-0.1, -0.05) is 117 Å². The number of rotatable bonds is 3. The Labute approximate surface area is 255 Å². The third-order valence-electron chi connectivity index (χ3n) is 8.21. The van der Waals surface area contributed by atoms with E-state index >= 15 is 0 Å². The summed E-state index contributed by atoms with van der Waals surface area (Å²) in [4.78, 5) is 0. The molecule has 2 aliphatic carbocycles. The number of halogens is 2. The van der Waals surface area contributed by atoms with Crippen LogP contribution in [-0.2, 0) is 5.60 Å². The van der Waals surface area contributed by atoms with Crippen LogP contribution in [-0.4, -0.2) is 5.11 Å². The van der Waals surface area contributed by atoms with E-state index in [4.69, 9.17) is 4.74 Å². The second-order valence-corrected chi connectivity index (χ2v) is 12.3. The molecule has 0 unspecified atom stereocenters. The molecular weight excluding hydrogens is 636 g/mol. The summed E-state index contributed by atoms with van der Waals surface area (Å²) >= 11 is 7.62. The Hall–Kier alpha value is -3.96. The highest BCUT2D eigenvalue weighted by molar-refractivity contribution is 9.10. The highest BCUT2D eigenvalue weighted by atomic mass is 79.9. The van der Waals surface area contributed by atoms with Crippen LogP contribution in [0.25, 0.3) is 44.5 Å². The van der Waals surface area contributed by atoms with Crippen LogP contribution in [0.3, 0.4) is 0 Å². The van der Waals surface area contributed by atoms with Gasteiger partial charge in [0.25, 0.3) is 0 Å². The molecule has 8 rings (SSSR count). The summed E-state index contributed by atoms with van der Waals surface area (Å²) in [6, 6.07) is 43.1. The van der Waals surface area contributed by atoms with Gasteiger partial charge >= 0.3 is 0 Å². The maximum absolute atomic E-state index is 13.2. The Bertz CT molecular complexity index is 1910. The molecule has 2 nitrogen and oxygen atoms in total. The van der Waals surface area contributed by atoms with Gasteiger partial charge in [0.1, 0.15) is 17.1 Å². The van der Waals surface area contributed by atoms with E-state index in [2.05, 4.69) is 105 Å². The second-order valence-electron chi connectivity index (χ2n) is 10.5. The lowest BCUT2D eigenvalue weighted by atomic mass is 9.81. The zero-order valence-corrected chi connectivity index (χ0v) is 24.9. The molecule has 196 valence electrons. The second kappa shape index (κ2) is 9.28. The summed E-state index contributed by atoms with van der Waals surface area (Å²) in [5, 5.41) is 13.2. The van der Waals surface area contributed by atoms with Gasteiger partial charge in [0.05, 0.1) is 0 Å². The largest absolute Gasteiger partial charge is 0.457 e. The first-order valence-corrected chi connectivity index (χ1v) is 15.0. The quantitative estimate of drug-likeness (QED) is 0.205. The molecule has 6 aromatic carbocycles. The van der Waals surface area contributed by atoms with Crippen molar-refractivity contribution in [2.24, 2.45) is 0 Å². The molecule has 1 N–H and O–H groups in total. The van der Waals surface area contributed by atoms with Gasteiger partial charge < -0.3 is 9.84 Å². The first-order valence-electron chi connectivity index (χ1n) is 13.5. The molecule has 0 amide bonds. The topological polar surface area (TPSA) is 29.5 Å². The van der Waals surface area contributed by atoms with Crippen molar-refractivity contribution in [1.82, 2.24) is 0 Å². The molecule has 2 aliphatic rings. The van der Waals surface area contributed by atoms with Crippen molar-refractivity contribution in [3.63, 3.8) is 0 Å². The number of hydrogen-bond acceptors (Lipinski definition) is 2. The fourth-order valence-electron chi connectivity index (χ4n) is 6.56. The standard InChI is InChI=1S/C37H22Br2O2/c38-22-18-29-27-14-6-4-12-25(27)26-13-5-7-15-28(26)30-19-23(39)21-33-36(30)35(29)32(20-22)37(33,40)31-16-8-9-17-34(31)41-24-10-2-1-3-11-24/h1-21,40H. The highest BCUT2D eigenvalue weighted by Crippen LogP contribution is 2.61. The van der Waals surface area contributed by atoms with Crippen molar-refractivity contribution in [2.45, 2.75) is 5.60 Å². The van der Waals surface area contributed by atoms with E-state index in [1.54, 1.807) is 0 Å². The molecule has 41 heavy (non-hydrogen) atoms. The third-order valence-corrected chi connectivity index (χ3v) is 9.12. The summed E-state index contributed by atoms with van der Waals surface area (Å²) in [6.45, 7) is 0. The Morgan fingerprint density at radius 2 is 0.902 bits per heavy atom. The van der Waals surface area contributed by atoms with Gasteiger partial charge in [-0.25, -0.2) is 0 Å². The van der Waals surface area contributed by atoms with Crippen LogP contribution in [0.15, 0.2) is 136 Å². The van der Waals surface area contributed by atoms with Crippen molar-refractivity contribution in [3.8, 4) is 56.0 Å². The zero-order chi connectivity index (χ0) is 27.7. The molecule has 4 heteroatoms. The molecular formula is C37H22Br2O2. The fraction of sp³-hybridized carbons (Fsp3) is 0.0270. The number of hydrogen-bond donors (Lipinski definition) is 1. The van der Waals surface area contributed by atoms with Crippen molar-refractivity contribution < 1.29 is 9.84 Å². The number of ether oxygens (including phenoxy) is 1. The number of aliphatic hydroxyl groups is 1. The van der Waals surface area contributed by atoms with Crippen molar-refractivity contribution in [3.05, 3.63) is 153 Å². The molecule has 6 aromatic rings. The average Bonchev–Trinajstić information content (AvgIpc) is 3.25. The summed E-state index contributed by atoms with van der Waals surface area (Å²) in [5.41, 5.74) is 9.74. The average molecular weight is 658 g/mol. The van der Waals surface area contributed by atoms with Gasteiger partial charge in [0.2, 0.25) is 0 Å². The van der Waals surface area contributed by atoms with Crippen LogP contribution in [0, 0.1) is 0 Å². The minimum Gasteiger partial charge on any atom is -0.457 e. The number of fused-ring (bicyclic) bond motifs is 5. The van der Waals surface area contributed by atoms with Gasteiger partial charge in [-0.3, -0.25) is 0 Å². The van der Waals surface area contributed by atoms with E-state index < -0.39 is 5.60 Å². The normalized spacial score (nSPS) is 13.4.